The smallest absolute Gasteiger partial charge is 0.314 e. The van der Waals surface area contributed by atoms with Gasteiger partial charge >= 0.3 is 6.03 Å². The van der Waals surface area contributed by atoms with Crippen LogP contribution in [0.2, 0.25) is 0 Å². The summed E-state index contributed by atoms with van der Waals surface area (Å²) in [4.78, 5) is 23.5. The number of carbonyl (C=O) groups is 2. The van der Waals surface area contributed by atoms with Crippen molar-refractivity contribution in [3.63, 3.8) is 0 Å². The predicted octanol–water partition coefficient (Wildman–Crippen LogP) is 1.55. The van der Waals surface area contributed by atoms with Crippen LogP contribution >= 0.6 is 17.1 Å². The highest BCUT2D eigenvalue weighted by Gasteiger charge is 2.24. The quantitative estimate of drug-likeness (QED) is 0.718. The molecule has 2 amide bonds. The number of carbonyl (C=O) groups excluding carboxylic acids is 2. The molecule has 0 fully saturated rings. The van der Waals surface area contributed by atoms with Gasteiger partial charge in [-0.1, -0.05) is 0 Å². The first kappa shape index (κ1) is 16.9. The van der Waals surface area contributed by atoms with Gasteiger partial charge < -0.3 is 19.7 Å². The van der Waals surface area contributed by atoms with Crippen molar-refractivity contribution in [2.45, 2.75) is 13.8 Å². The number of urea groups is 1. The Morgan fingerprint density at radius 1 is 1.35 bits per heavy atom. The molecule has 0 spiro atoms. The standard InChI is InChI=1S/C8H17N2O4PS2/c1-4-13-15(16,14-5-2)17-7(11)6-10(3)8(9)12/h4-6H2,1-3H3,(H2,9,12). The van der Waals surface area contributed by atoms with E-state index >= 15 is 0 Å². The summed E-state index contributed by atoms with van der Waals surface area (Å²) in [5.74, 6) is 0. The van der Waals surface area contributed by atoms with Crippen LogP contribution < -0.4 is 5.73 Å². The number of hydrogen-bond acceptors (Lipinski definition) is 6. The summed E-state index contributed by atoms with van der Waals surface area (Å²) in [6.45, 7) is 4.20. The molecule has 6 nitrogen and oxygen atoms in total. The van der Waals surface area contributed by atoms with Crippen molar-refractivity contribution in [3.8, 4) is 0 Å². The fourth-order valence-corrected chi connectivity index (χ4v) is 5.40. The van der Waals surface area contributed by atoms with Crippen molar-refractivity contribution in [2.24, 2.45) is 5.73 Å². The topological polar surface area (TPSA) is 81.9 Å². The highest BCUT2D eigenvalue weighted by Crippen LogP contribution is 2.61. The molecule has 0 saturated carbocycles. The van der Waals surface area contributed by atoms with E-state index in [1.807, 2.05) is 0 Å². The molecule has 0 bridgehead atoms. The molecular weight excluding hydrogens is 283 g/mol. The van der Waals surface area contributed by atoms with Crippen LogP contribution in [0.15, 0.2) is 0 Å². The van der Waals surface area contributed by atoms with Gasteiger partial charge in [0.05, 0.1) is 19.8 Å². The lowest BCUT2D eigenvalue weighted by Gasteiger charge is -2.20. The monoisotopic (exact) mass is 300 g/mol. The van der Waals surface area contributed by atoms with Crippen molar-refractivity contribution in [1.82, 2.24) is 4.90 Å². The minimum absolute atomic E-state index is 0.113. The van der Waals surface area contributed by atoms with Gasteiger partial charge in [-0.05, 0) is 25.7 Å². The van der Waals surface area contributed by atoms with Crippen LogP contribution in [0.1, 0.15) is 13.8 Å². The van der Waals surface area contributed by atoms with Crippen molar-refractivity contribution < 1.29 is 18.6 Å². The van der Waals surface area contributed by atoms with Crippen molar-refractivity contribution in [1.29, 1.82) is 0 Å². The normalized spacial score (nSPS) is 11.2. The number of likely N-dealkylation sites (N-methyl/N-ethyl adjacent to an activating group) is 1. The Hall–Kier alpha value is -0.140. The average molecular weight is 300 g/mol. The Morgan fingerprint density at radius 2 is 1.82 bits per heavy atom. The van der Waals surface area contributed by atoms with Gasteiger partial charge in [0.2, 0.25) is 5.12 Å². The second-order valence-corrected chi connectivity index (χ2v) is 9.11. The predicted molar refractivity (Wildman–Crippen MR) is 72.3 cm³/mol. The fraction of sp³-hybridized carbons (Fsp3) is 0.750. The lowest BCUT2D eigenvalue weighted by Crippen LogP contribution is -2.35. The minimum Gasteiger partial charge on any atom is -0.351 e. The molecule has 0 saturated heterocycles. The molecule has 0 radical (unpaired) electrons. The lowest BCUT2D eigenvalue weighted by molar-refractivity contribution is -0.111. The van der Waals surface area contributed by atoms with Crippen molar-refractivity contribution in [2.75, 3.05) is 26.8 Å². The number of nitrogens with zero attached hydrogens (tertiary/aromatic N) is 1. The third-order valence-electron chi connectivity index (χ3n) is 1.53. The molecule has 2 N–H and O–H groups in total. The molecule has 0 aliphatic carbocycles. The first-order chi connectivity index (χ1) is 7.84. The maximum absolute atomic E-state index is 11.6. The van der Waals surface area contributed by atoms with Crippen molar-refractivity contribution in [3.05, 3.63) is 0 Å². The lowest BCUT2D eigenvalue weighted by atomic mass is 10.6. The molecule has 0 heterocycles. The van der Waals surface area contributed by atoms with E-state index in [0.29, 0.717) is 13.2 Å². The van der Waals surface area contributed by atoms with Gasteiger partial charge in [0.1, 0.15) is 0 Å². The maximum atomic E-state index is 11.6. The van der Waals surface area contributed by atoms with Crippen LogP contribution in [-0.4, -0.2) is 42.9 Å². The van der Waals surface area contributed by atoms with Gasteiger partial charge in [-0.2, -0.15) is 0 Å². The average Bonchev–Trinajstić information content (AvgIpc) is 2.16. The molecule has 0 aromatic rings. The molecule has 0 unspecified atom stereocenters. The van der Waals surface area contributed by atoms with E-state index in [4.69, 9.17) is 26.6 Å². The minimum atomic E-state index is -2.64. The second-order valence-electron chi connectivity index (χ2n) is 2.94. The summed E-state index contributed by atoms with van der Waals surface area (Å²) in [6, 6.07) is -0.667. The third kappa shape index (κ3) is 7.00. The Labute approximate surface area is 110 Å². The van der Waals surface area contributed by atoms with E-state index in [1.54, 1.807) is 13.8 Å². The summed E-state index contributed by atoms with van der Waals surface area (Å²) in [5, 5.41) is -0.295. The van der Waals surface area contributed by atoms with E-state index in [9.17, 15) is 9.59 Å². The maximum Gasteiger partial charge on any atom is 0.314 e. The molecular formula is C8H17N2O4PS2. The van der Waals surface area contributed by atoms with E-state index in [1.165, 1.54) is 7.05 Å². The first-order valence-electron chi connectivity index (χ1n) is 4.96. The van der Waals surface area contributed by atoms with Gasteiger partial charge in [-0.15, -0.1) is 0 Å². The van der Waals surface area contributed by atoms with Crippen molar-refractivity contribution >= 4 is 40.0 Å². The molecule has 0 aliphatic heterocycles. The van der Waals surface area contributed by atoms with Crippen LogP contribution in [-0.2, 0) is 25.6 Å². The van der Waals surface area contributed by atoms with Crippen LogP contribution in [0.5, 0.6) is 0 Å². The summed E-state index contributed by atoms with van der Waals surface area (Å²) in [5.41, 5.74) is 2.37. The number of nitrogens with two attached hydrogens (primary N) is 1. The summed E-state index contributed by atoms with van der Waals surface area (Å²) >= 11 is 6.00. The third-order valence-corrected chi connectivity index (χ3v) is 6.45. The number of amides is 2. The zero-order valence-electron chi connectivity index (χ0n) is 10.0. The number of primary amides is 1. The Bertz CT molecular complexity index is 317. The zero-order valence-corrected chi connectivity index (χ0v) is 12.6. The molecule has 0 aromatic carbocycles. The van der Waals surface area contributed by atoms with E-state index in [-0.39, 0.29) is 11.7 Å². The molecule has 0 aliphatic rings. The highest BCUT2D eigenvalue weighted by molar-refractivity contribution is 8.73. The SMILES string of the molecule is CCOP(=S)(OCC)SC(=O)CN(C)C(N)=O. The van der Waals surface area contributed by atoms with E-state index in [0.717, 1.165) is 16.3 Å². The Kier molecular flexibility index (Phi) is 7.98. The second kappa shape index (κ2) is 8.05. The molecule has 17 heavy (non-hydrogen) atoms. The molecule has 0 atom stereocenters. The highest BCUT2D eigenvalue weighted by atomic mass is 32.9. The van der Waals surface area contributed by atoms with Gasteiger partial charge in [-0.25, -0.2) is 4.79 Å². The van der Waals surface area contributed by atoms with Gasteiger partial charge in [0, 0.05) is 18.4 Å². The molecule has 100 valence electrons. The van der Waals surface area contributed by atoms with E-state index in [2.05, 4.69) is 0 Å². The number of rotatable bonds is 7. The Morgan fingerprint density at radius 3 is 2.18 bits per heavy atom. The summed E-state index contributed by atoms with van der Waals surface area (Å²) in [7, 11) is 1.44. The largest absolute Gasteiger partial charge is 0.351 e. The summed E-state index contributed by atoms with van der Waals surface area (Å²) < 4.78 is 10.6. The van der Waals surface area contributed by atoms with Crippen LogP contribution in [0.3, 0.4) is 0 Å². The van der Waals surface area contributed by atoms with E-state index < -0.39 is 11.7 Å². The van der Waals surface area contributed by atoms with Gasteiger partial charge in [0.25, 0.3) is 5.69 Å². The fourth-order valence-electron chi connectivity index (χ4n) is 0.831. The van der Waals surface area contributed by atoms with Crippen LogP contribution in [0.25, 0.3) is 0 Å². The number of hydrogen-bond donors (Lipinski definition) is 1. The van der Waals surface area contributed by atoms with Gasteiger partial charge in [0.15, 0.2) is 0 Å². The molecule has 0 aromatic heterocycles. The summed E-state index contributed by atoms with van der Waals surface area (Å²) in [6.07, 6.45) is 0. The van der Waals surface area contributed by atoms with Crippen LogP contribution in [0.4, 0.5) is 4.79 Å². The Balaban J connectivity index is 4.41. The molecule has 0 rings (SSSR count). The first-order valence-corrected chi connectivity index (χ1v) is 9.02. The molecule has 9 heteroatoms. The van der Waals surface area contributed by atoms with Crippen LogP contribution in [0, 0.1) is 0 Å². The zero-order chi connectivity index (χ0) is 13.5. The van der Waals surface area contributed by atoms with Gasteiger partial charge in [-0.3, -0.25) is 4.79 Å².